The number of nitrogens with one attached hydrogen (secondary N) is 1. The normalized spacial score (nSPS) is 8.45. The van der Waals surface area contributed by atoms with Crippen LogP contribution in [0.5, 0.6) is 0 Å². The molecule has 0 unspecified atom stereocenters. The molecular weight excluding hydrogens is 144 g/mol. The van der Waals surface area contributed by atoms with Gasteiger partial charge in [0, 0.05) is 14.5 Å². The van der Waals surface area contributed by atoms with Crippen LogP contribution in [-0.2, 0) is 0 Å². The zero-order valence-electron chi connectivity index (χ0n) is 7.72. The highest BCUT2D eigenvalue weighted by Crippen LogP contribution is 1.69. The van der Waals surface area contributed by atoms with E-state index in [-0.39, 0.29) is 1.43 Å². The van der Waals surface area contributed by atoms with Gasteiger partial charge in [-0.15, -0.1) is 0 Å². The monoisotopic (exact) mass is 164 g/mol. The minimum atomic E-state index is -0.961. The first-order valence-electron chi connectivity index (χ1n) is 3.74. The summed E-state index contributed by atoms with van der Waals surface area (Å²) in [7, 11) is 3.78. The summed E-state index contributed by atoms with van der Waals surface area (Å²) < 4.78 is 0. The van der Waals surface area contributed by atoms with E-state index >= 15 is 0 Å². The Morgan fingerprint density at radius 3 is 2.27 bits per heavy atom. The molecule has 0 saturated heterocycles. The molecule has 1 amide bonds. The summed E-state index contributed by atoms with van der Waals surface area (Å²) in [4.78, 5) is 11.8. The van der Waals surface area contributed by atoms with Crippen LogP contribution in [0.25, 0.3) is 0 Å². The van der Waals surface area contributed by atoms with Crippen molar-refractivity contribution in [2.45, 2.75) is 13.8 Å². The van der Waals surface area contributed by atoms with Crippen molar-refractivity contribution < 1.29 is 11.3 Å². The molecule has 0 rings (SSSR count). The van der Waals surface area contributed by atoms with Gasteiger partial charge in [0.2, 0.25) is 0 Å². The highest BCUT2D eigenvalue weighted by Gasteiger charge is 1.92. The fraction of sp³-hybridized carbons (Fsp3) is 0.857. The Kier molecular flexibility index (Phi) is 10.8. The second kappa shape index (κ2) is 9.23. The summed E-state index contributed by atoms with van der Waals surface area (Å²) >= 11 is 0. The summed E-state index contributed by atoms with van der Waals surface area (Å²) in [5.74, 6) is 0. The van der Waals surface area contributed by atoms with Crippen molar-refractivity contribution in [1.82, 2.24) is 10.2 Å². The van der Waals surface area contributed by atoms with Crippen molar-refractivity contribution in [1.29, 1.82) is 0 Å². The Morgan fingerprint density at radius 1 is 1.55 bits per heavy atom. The second-order valence-corrected chi connectivity index (χ2v) is 2.04. The van der Waals surface area contributed by atoms with Gasteiger partial charge in [0.05, 0.1) is 0 Å². The molecule has 0 aromatic heterocycles. The van der Waals surface area contributed by atoms with Gasteiger partial charge in [-0.3, -0.25) is 0 Å². The van der Waals surface area contributed by atoms with Crippen LogP contribution in [0.4, 0.5) is 4.79 Å². The topological polar surface area (TPSA) is 52.6 Å². The summed E-state index contributed by atoms with van der Waals surface area (Å²) in [6, 6.07) is 0. The summed E-state index contributed by atoms with van der Waals surface area (Å²) in [6.07, 6.45) is -0.961. The van der Waals surface area contributed by atoms with E-state index in [1.54, 1.807) is 0 Å². The van der Waals surface area contributed by atoms with Crippen molar-refractivity contribution >= 4 is 6.09 Å². The van der Waals surface area contributed by atoms with Crippen LogP contribution in [-0.4, -0.2) is 43.3 Å². The molecule has 4 nitrogen and oxygen atoms in total. The molecule has 0 radical (unpaired) electrons. The number of carboxylic acid groups (broad SMARTS) is 1. The Balaban J connectivity index is -0.000000249. The molecule has 70 valence electrons. The summed E-state index contributed by atoms with van der Waals surface area (Å²) in [5, 5.41) is 10.3. The first kappa shape index (κ1) is 12.9. The number of carbonyl (C=O) groups is 1. The molecule has 0 aromatic rings. The molecule has 0 bridgehead atoms. The summed E-state index contributed by atoms with van der Waals surface area (Å²) in [5.41, 5.74) is 0. The predicted octanol–water partition coefficient (Wildman–Crippen LogP) is 1.09. The van der Waals surface area contributed by atoms with Gasteiger partial charge in [-0.1, -0.05) is 13.8 Å². The van der Waals surface area contributed by atoms with Crippen LogP contribution < -0.4 is 5.32 Å². The average Bonchev–Trinajstić information content (AvgIpc) is 1.90. The number of hydrogen-bond donors (Lipinski definition) is 2. The number of hydrogen-bond acceptors (Lipinski definition) is 2. The molecular formula is C7H20N2O2. The molecule has 0 fully saturated rings. The molecule has 0 aliphatic heterocycles. The highest BCUT2D eigenvalue weighted by atomic mass is 16.4. The van der Waals surface area contributed by atoms with Crippen LogP contribution >= 0.6 is 0 Å². The highest BCUT2D eigenvalue weighted by molar-refractivity contribution is 5.64. The Labute approximate surface area is 69.7 Å². The number of amides is 1. The SMILES string of the molecule is CC.CN(C)CCNC(=O)O.[HH]. The number of nitrogens with zero attached hydrogens (tertiary/aromatic N) is 1. The second-order valence-electron chi connectivity index (χ2n) is 2.04. The molecule has 0 saturated carbocycles. The molecule has 0 spiro atoms. The lowest BCUT2D eigenvalue weighted by molar-refractivity contribution is 0.193. The first-order chi connectivity index (χ1) is 5.13. The lowest BCUT2D eigenvalue weighted by atomic mass is 10.6. The van der Waals surface area contributed by atoms with Gasteiger partial charge < -0.3 is 15.3 Å². The first-order valence-corrected chi connectivity index (χ1v) is 3.74. The Bertz CT molecular complexity index is 99.4. The smallest absolute Gasteiger partial charge is 0.404 e. The maximum Gasteiger partial charge on any atom is 0.404 e. The maximum absolute atomic E-state index is 9.85. The van der Waals surface area contributed by atoms with Crippen LogP contribution in [0, 0.1) is 0 Å². The number of likely N-dealkylation sites (N-methyl/N-ethyl adjacent to an activating group) is 1. The van der Waals surface area contributed by atoms with Gasteiger partial charge >= 0.3 is 6.09 Å². The number of rotatable bonds is 3. The van der Waals surface area contributed by atoms with Crippen LogP contribution in [0.15, 0.2) is 0 Å². The molecule has 0 aliphatic carbocycles. The molecule has 0 aromatic carbocycles. The van der Waals surface area contributed by atoms with E-state index in [4.69, 9.17) is 5.11 Å². The maximum atomic E-state index is 9.85. The Morgan fingerprint density at radius 2 is 2.00 bits per heavy atom. The standard InChI is InChI=1S/C5H12N2O2.C2H6.H2/c1-7(2)4-3-6-5(8)9;1-2;/h6H,3-4H2,1-2H3,(H,8,9);1-2H3;1H. The van der Waals surface area contributed by atoms with Gasteiger partial charge in [0.15, 0.2) is 0 Å². The van der Waals surface area contributed by atoms with Gasteiger partial charge in [-0.05, 0) is 14.1 Å². The van der Waals surface area contributed by atoms with Crippen LogP contribution in [0.3, 0.4) is 0 Å². The average molecular weight is 164 g/mol. The predicted molar refractivity (Wildman–Crippen MR) is 48.0 cm³/mol. The molecule has 0 heterocycles. The Hall–Kier alpha value is -0.770. The largest absolute Gasteiger partial charge is 0.465 e. The lowest BCUT2D eigenvalue weighted by Gasteiger charge is -2.07. The van der Waals surface area contributed by atoms with E-state index in [0.29, 0.717) is 6.54 Å². The third kappa shape index (κ3) is 17.6. The third-order valence-electron chi connectivity index (χ3n) is 0.835. The van der Waals surface area contributed by atoms with E-state index in [1.807, 2.05) is 32.8 Å². The van der Waals surface area contributed by atoms with E-state index in [0.717, 1.165) is 6.54 Å². The minimum Gasteiger partial charge on any atom is -0.465 e. The van der Waals surface area contributed by atoms with Crippen LogP contribution in [0.1, 0.15) is 15.3 Å². The molecule has 11 heavy (non-hydrogen) atoms. The van der Waals surface area contributed by atoms with Crippen molar-refractivity contribution in [2.24, 2.45) is 0 Å². The van der Waals surface area contributed by atoms with Crippen molar-refractivity contribution in [3.8, 4) is 0 Å². The van der Waals surface area contributed by atoms with E-state index in [2.05, 4.69) is 5.32 Å². The van der Waals surface area contributed by atoms with Gasteiger partial charge in [0.1, 0.15) is 0 Å². The van der Waals surface area contributed by atoms with Crippen molar-refractivity contribution in [3.63, 3.8) is 0 Å². The van der Waals surface area contributed by atoms with Gasteiger partial charge in [-0.2, -0.15) is 0 Å². The van der Waals surface area contributed by atoms with E-state index in [1.165, 1.54) is 0 Å². The third-order valence-corrected chi connectivity index (χ3v) is 0.835. The fourth-order valence-electron chi connectivity index (χ4n) is 0.386. The quantitative estimate of drug-likeness (QED) is 0.656. The molecule has 4 heteroatoms. The zero-order valence-corrected chi connectivity index (χ0v) is 7.72. The lowest BCUT2D eigenvalue weighted by Crippen LogP contribution is -2.29. The van der Waals surface area contributed by atoms with Gasteiger partial charge in [0.25, 0.3) is 0 Å². The fourth-order valence-corrected chi connectivity index (χ4v) is 0.386. The van der Waals surface area contributed by atoms with Gasteiger partial charge in [-0.25, -0.2) is 4.79 Å². The van der Waals surface area contributed by atoms with E-state index < -0.39 is 6.09 Å². The van der Waals surface area contributed by atoms with E-state index in [9.17, 15) is 4.79 Å². The van der Waals surface area contributed by atoms with Crippen LogP contribution in [0.2, 0.25) is 0 Å². The molecule has 2 N–H and O–H groups in total. The summed E-state index contributed by atoms with van der Waals surface area (Å²) in [6.45, 7) is 5.23. The van der Waals surface area contributed by atoms with Crippen molar-refractivity contribution in [2.75, 3.05) is 27.2 Å². The molecule has 0 aliphatic rings. The van der Waals surface area contributed by atoms with Crippen molar-refractivity contribution in [3.05, 3.63) is 0 Å². The zero-order chi connectivity index (χ0) is 9.28. The molecule has 0 atom stereocenters. The minimum absolute atomic E-state index is 0.